The minimum atomic E-state index is -4.11. The Hall–Kier alpha value is -3.51. The van der Waals surface area contributed by atoms with Gasteiger partial charge in [0.1, 0.15) is 17.9 Å². The lowest BCUT2D eigenvalue weighted by Gasteiger charge is -2.21. The number of aliphatic imine (C=N–C) groups is 1. The Bertz CT molecular complexity index is 1120. The summed E-state index contributed by atoms with van der Waals surface area (Å²) in [5.41, 5.74) is 11.8. The number of carboxylic acids is 1. The van der Waals surface area contributed by atoms with Crippen molar-refractivity contribution in [2.45, 2.75) is 43.2 Å². The van der Waals surface area contributed by atoms with E-state index in [0.717, 1.165) is 5.56 Å². The first-order chi connectivity index (χ1) is 16.0. The predicted molar refractivity (Wildman–Crippen MR) is 125 cm³/mol. The average molecular weight is 494 g/mol. The number of hydrogen-bond donors (Lipinski definition) is 5. The number of nitrogens with zero attached hydrogens (tertiary/aromatic N) is 1. The molecule has 1 amide bonds. The van der Waals surface area contributed by atoms with E-state index >= 15 is 0 Å². The van der Waals surface area contributed by atoms with Crippen molar-refractivity contribution < 1.29 is 27.5 Å². The Morgan fingerprint density at radius 3 is 2.24 bits per heavy atom. The number of amides is 1. The van der Waals surface area contributed by atoms with Crippen molar-refractivity contribution in [1.29, 1.82) is 0 Å². The lowest BCUT2D eigenvalue weighted by molar-refractivity contribution is -0.142. The summed E-state index contributed by atoms with van der Waals surface area (Å²) in [6.07, 6.45) is 0.163. The summed E-state index contributed by atoms with van der Waals surface area (Å²) < 4.78 is 41.4. The number of nitrogens with one attached hydrogen (secondary N) is 2. The summed E-state index contributed by atoms with van der Waals surface area (Å²) in [4.78, 5) is 28.3. The average Bonchev–Trinajstić information content (AvgIpc) is 2.76. The van der Waals surface area contributed by atoms with Crippen LogP contribution in [0, 0.1) is 12.7 Å². The van der Waals surface area contributed by atoms with Crippen molar-refractivity contribution in [2.24, 2.45) is 16.5 Å². The van der Waals surface area contributed by atoms with Gasteiger partial charge >= 0.3 is 5.97 Å². The molecule has 10 nitrogen and oxygen atoms in total. The van der Waals surface area contributed by atoms with Crippen LogP contribution in [-0.4, -0.2) is 50.0 Å². The number of carbonyl (C=O) groups excluding carboxylic acids is 1. The minimum absolute atomic E-state index is 0.0197. The number of benzene rings is 2. The number of rotatable bonds is 12. The summed E-state index contributed by atoms with van der Waals surface area (Å²) in [6.45, 7) is 1.97. The Kier molecular flexibility index (Phi) is 9.51. The molecular formula is C22H28FN5O5S. The number of halogens is 1. The number of carbonyl (C=O) groups is 2. The molecule has 0 saturated heterocycles. The van der Waals surface area contributed by atoms with Crippen LogP contribution < -0.4 is 21.5 Å². The van der Waals surface area contributed by atoms with E-state index in [1.54, 1.807) is 19.1 Å². The highest BCUT2D eigenvalue weighted by Crippen LogP contribution is 2.13. The zero-order valence-electron chi connectivity index (χ0n) is 18.6. The van der Waals surface area contributed by atoms with E-state index in [2.05, 4.69) is 15.0 Å². The monoisotopic (exact) mass is 493 g/mol. The van der Waals surface area contributed by atoms with Gasteiger partial charge in [-0.1, -0.05) is 29.8 Å². The highest BCUT2D eigenvalue weighted by Gasteiger charge is 2.29. The smallest absolute Gasteiger partial charge is 0.326 e. The van der Waals surface area contributed by atoms with E-state index in [1.165, 1.54) is 36.4 Å². The highest BCUT2D eigenvalue weighted by atomic mass is 32.2. The van der Waals surface area contributed by atoms with E-state index in [1.807, 2.05) is 0 Å². The number of aryl methyl sites for hydroxylation is 1. The van der Waals surface area contributed by atoms with Gasteiger partial charge in [-0.25, -0.2) is 17.6 Å². The third kappa shape index (κ3) is 8.45. The lowest BCUT2D eigenvalue weighted by Crippen LogP contribution is -2.52. The van der Waals surface area contributed by atoms with Gasteiger partial charge in [0.2, 0.25) is 15.9 Å². The normalized spacial score (nSPS) is 13.0. The maximum absolute atomic E-state index is 13.3. The fourth-order valence-corrected chi connectivity index (χ4v) is 4.25. The Balaban J connectivity index is 2.23. The van der Waals surface area contributed by atoms with Gasteiger partial charge in [-0.15, -0.1) is 0 Å². The van der Waals surface area contributed by atoms with Crippen molar-refractivity contribution >= 4 is 27.9 Å². The topological polar surface area (TPSA) is 177 Å². The molecule has 0 spiro atoms. The number of carboxylic acid groups (broad SMARTS) is 1. The van der Waals surface area contributed by atoms with Crippen LogP contribution in [0.2, 0.25) is 0 Å². The van der Waals surface area contributed by atoms with Crippen molar-refractivity contribution in [3.8, 4) is 0 Å². The number of guanidine groups is 1. The van der Waals surface area contributed by atoms with Crippen LogP contribution in [0.5, 0.6) is 0 Å². The maximum Gasteiger partial charge on any atom is 0.326 e. The second kappa shape index (κ2) is 12.1. The molecule has 2 atom stereocenters. The Labute approximate surface area is 197 Å². The molecule has 0 radical (unpaired) electrons. The molecule has 0 aliphatic rings. The molecular weight excluding hydrogens is 465 g/mol. The van der Waals surface area contributed by atoms with Gasteiger partial charge in [0.15, 0.2) is 5.96 Å². The minimum Gasteiger partial charge on any atom is -0.480 e. The molecule has 0 saturated carbocycles. The molecule has 0 unspecified atom stereocenters. The molecule has 2 aromatic rings. The van der Waals surface area contributed by atoms with E-state index in [-0.39, 0.29) is 36.7 Å². The quantitative estimate of drug-likeness (QED) is 0.164. The van der Waals surface area contributed by atoms with Crippen molar-refractivity contribution in [3.05, 3.63) is 65.5 Å². The first kappa shape index (κ1) is 26.7. The van der Waals surface area contributed by atoms with Gasteiger partial charge in [0, 0.05) is 6.54 Å². The molecule has 0 fully saturated rings. The van der Waals surface area contributed by atoms with E-state index < -0.39 is 39.8 Å². The molecule has 184 valence electrons. The SMILES string of the molecule is Cc1ccc(S(=O)(=O)N[C@@H](Cc2ccc(F)cc2)C(=O)N[C@H](CCCN=C(N)N)C(=O)O)cc1. The van der Waals surface area contributed by atoms with E-state index in [4.69, 9.17) is 11.5 Å². The number of sulfonamides is 1. The van der Waals surface area contributed by atoms with Crippen LogP contribution in [0.15, 0.2) is 58.4 Å². The Morgan fingerprint density at radius 1 is 1.06 bits per heavy atom. The van der Waals surface area contributed by atoms with Gasteiger partial charge in [0.05, 0.1) is 4.90 Å². The predicted octanol–water partition coefficient (Wildman–Crippen LogP) is 0.647. The molecule has 12 heteroatoms. The molecule has 0 aromatic heterocycles. The standard InChI is InChI=1S/C22H28FN5O5S/c1-14-4-10-17(11-5-14)34(32,33)28-19(13-15-6-8-16(23)9-7-15)20(29)27-18(21(30)31)3-2-12-26-22(24)25/h4-11,18-19,28H,2-3,12-13H2,1H3,(H,27,29)(H,30,31)(H4,24,25,26)/t18-,19+/m1/s1. The third-order valence-corrected chi connectivity index (χ3v) is 6.35. The van der Waals surface area contributed by atoms with Crippen LogP contribution in [-0.2, 0) is 26.0 Å². The zero-order chi connectivity index (χ0) is 25.3. The van der Waals surface area contributed by atoms with Gasteiger partial charge < -0.3 is 21.9 Å². The van der Waals surface area contributed by atoms with Crippen LogP contribution in [0.4, 0.5) is 4.39 Å². The molecule has 2 rings (SSSR count). The van der Waals surface area contributed by atoms with E-state index in [0.29, 0.717) is 5.56 Å². The molecule has 7 N–H and O–H groups in total. The second-order valence-electron chi connectivity index (χ2n) is 7.67. The number of hydrogen-bond acceptors (Lipinski definition) is 5. The maximum atomic E-state index is 13.3. The highest BCUT2D eigenvalue weighted by molar-refractivity contribution is 7.89. The zero-order valence-corrected chi connectivity index (χ0v) is 19.4. The fraction of sp³-hybridized carbons (Fsp3) is 0.318. The van der Waals surface area contributed by atoms with Crippen molar-refractivity contribution in [3.63, 3.8) is 0 Å². The van der Waals surface area contributed by atoms with Gasteiger partial charge in [0.25, 0.3) is 0 Å². The summed E-state index contributed by atoms with van der Waals surface area (Å²) in [5.74, 6) is -2.76. The second-order valence-corrected chi connectivity index (χ2v) is 9.38. The molecule has 0 heterocycles. The molecule has 0 aliphatic carbocycles. The Morgan fingerprint density at radius 2 is 1.68 bits per heavy atom. The first-order valence-electron chi connectivity index (χ1n) is 10.4. The number of nitrogens with two attached hydrogens (primary N) is 2. The van der Waals surface area contributed by atoms with Gasteiger partial charge in [-0.2, -0.15) is 4.72 Å². The third-order valence-electron chi connectivity index (χ3n) is 4.86. The summed E-state index contributed by atoms with van der Waals surface area (Å²) >= 11 is 0. The summed E-state index contributed by atoms with van der Waals surface area (Å²) in [7, 11) is -4.11. The molecule has 2 aromatic carbocycles. The number of aliphatic carboxylic acids is 1. The van der Waals surface area contributed by atoms with Crippen LogP contribution in [0.3, 0.4) is 0 Å². The van der Waals surface area contributed by atoms with Crippen molar-refractivity contribution in [2.75, 3.05) is 6.54 Å². The van der Waals surface area contributed by atoms with Crippen LogP contribution in [0.1, 0.15) is 24.0 Å². The van der Waals surface area contributed by atoms with E-state index in [9.17, 15) is 27.5 Å². The first-order valence-corrected chi connectivity index (χ1v) is 11.9. The molecule has 0 aliphatic heterocycles. The fourth-order valence-electron chi connectivity index (χ4n) is 3.05. The molecule has 0 bridgehead atoms. The van der Waals surface area contributed by atoms with Gasteiger partial charge in [-0.05, 0) is 56.0 Å². The summed E-state index contributed by atoms with van der Waals surface area (Å²) in [5, 5.41) is 11.9. The lowest BCUT2D eigenvalue weighted by atomic mass is 10.0. The van der Waals surface area contributed by atoms with Crippen molar-refractivity contribution in [1.82, 2.24) is 10.0 Å². The van der Waals surface area contributed by atoms with Gasteiger partial charge in [-0.3, -0.25) is 9.79 Å². The largest absolute Gasteiger partial charge is 0.480 e. The summed E-state index contributed by atoms with van der Waals surface area (Å²) in [6, 6.07) is 8.58. The van der Waals surface area contributed by atoms with Crippen LogP contribution >= 0.6 is 0 Å². The molecule has 34 heavy (non-hydrogen) atoms. The van der Waals surface area contributed by atoms with Crippen LogP contribution in [0.25, 0.3) is 0 Å².